The van der Waals surface area contributed by atoms with E-state index in [9.17, 15) is 14.0 Å². The molecule has 1 N–H and O–H groups in total. The number of carbonyl (C=O) groups is 1. The maximum atomic E-state index is 12.9. The number of aromatic nitrogens is 1. The second-order valence-corrected chi connectivity index (χ2v) is 4.75. The summed E-state index contributed by atoms with van der Waals surface area (Å²) >= 11 is 0. The van der Waals surface area contributed by atoms with Gasteiger partial charge in [-0.3, -0.25) is 9.59 Å². The number of halogens is 1. The van der Waals surface area contributed by atoms with Crippen molar-refractivity contribution in [1.29, 1.82) is 0 Å². The summed E-state index contributed by atoms with van der Waals surface area (Å²) in [4.78, 5) is 28.0. The van der Waals surface area contributed by atoms with Crippen molar-refractivity contribution in [3.8, 4) is 5.75 Å². The van der Waals surface area contributed by atoms with Gasteiger partial charge in [0, 0.05) is 11.8 Å². The van der Waals surface area contributed by atoms with E-state index >= 15 is 0 Å². The van der Waals surface area contributed by atoms with E-state index < -0.39 is 17.0 Å². The monoisotopic (exact) mass is 297 g/mol. The number of carbonyl (C=O) groups excluding carboxylic acids is 1. The van der Waals surface area contributed by atoms with Crippen LogP contribution >= 0.6 is 0 Å². The molecule has 1 aromatic heterocycles. The molecule has 0 fully saturated rings. The van der Waals surface area contributed by atoms with Gasteiger partial charge < -0.3 is 9.72 Å². The molecule has 0 saturated carbocycles. The second-order valence-electron chi connectivity index (χ2n) is 4.75. The molecule has 0 saturated heterocycles. The first kappa shape index (κ1) is 14.0. The van der Waals surface area contributed by atoms with Gasteiger partial charge in [-0.2, -0.15) is 0 Å². The summed E-state index contributed by atoms with van der Waals surface area (Å²) < 4.78 is 18.1. The van der Waals surface area contributed by atoms with Crippen LogP contribution in [0.4, 0.5) is 4.39 Å². The largest absolute Gasteiger partial charge is 0.496 e. The maximum Gasteiger partial charge on any atom is 0.204 e. The Hall–Kier alpha value is -2.95. The van der Waals surface area contributed by atoms with Gasteiger partial charge in [0.2, 0.25) is 5.43 Å². The highest BCUT2D eigenvalue weighted by Gasteiger charge is 2.17. The molecule has 110 valence electrons. The summed E-state index contributed by atoms with van der Waals surface area (Å²) in [5.74, 6) is -0.507. The summed E-state index contributed by atoms with van der Waals surface area (Å²) in [6.07, 6.45) is 1.37. The predicted molar refractivity (Wildman–Crippen MR) is 81.0 cm³/mol. The van der Waals surface area contributed by atoms with Gasteiger partial charge in [-0.05, 0) is 36.4 Å². The third-order valence-electron chi connectivity index (χ3n) is 3.44. The maximum absolute atomic E-state index is 12.9. The smallest absolute Gasteiger partial charge is 0.204 e. The van der Waals surface area contributed by atoms with Crippen LogP contribution in [-0.4, -0.2) is 17.9 Å². The molecule has 4 nitrogen and oxygen atoms in total. The third kappa shape index (κ3) is 2.26. The number of ketones is 1. The highest BCUT2D eigenvalue weighted by atomic mass is 19.1. The average molecular weight is 297 g/mol. The van der Waals surface area contributed by atoms with Crippen LogP contribution in [0.15, 0.2) is 53.5 Å². The van der Waals surface area contributed by atoms with E-state index in [1.807, 2.05) is 0 Å². The molecule has 0 bridgehead atoms. The highest BCUT2D eigenvalue weighted by Crippen LogP contribution is 2.21. The fourth-order valence-electron chi connectivity index (χ4n) is 2.33. The van der Waals surface area contributed by atoms with Crippen molar-refractivity contribution >= 4 is 16.7 Å². The molecular weight excluding hydrogens is 285 g/mol. The van der Waals surface area contributed by atoms with Crippen molar-refractivity contribution in [1.82, 2.24) is 4.98 Å². The summed E-state index contributed by atoms with van der Waals surface area (Å²) in [5.41, 5.74) is 0.408. The van der Waals surface area contributed by atoms with E-state index in [1.54, 1.807) is 18.2 Å². The van der Waals surface area contributed by atoms with E-state index in [1.165, 1.54) is 37.6 Å². The number of nitrogens with one attached hydrogen (secondary N) is 1. The number of hydrogen-bond acceptors (Lipinski definition) is 3. The molecular formula is C17H12FNO3. The summed E-state index contributed by atoms with van der Waals surface area (Å²) in [6.45, 7) is 0. The number of pyridine rings is 1. The second kappa shape index (κ2) is 5.44. The fourth-order valence-corrected chi connectivity index (χ4v) is 2.33. The SMILES string of the molecule is COc1cccc2[nH]cc(C(=O)c3ccc(F)cc3)c(=O)c12. The minimum atomic E-state index is -0.464. The van der Waals surface area contributed by atoms with E-state index in [2.05, 4.69) is 4.98 Å². The molecule has 0 aliphatic heterocycles. The topological polar surface area (TPSA) is 59.2 Å². The van der Waals surface area contributed by atoms with E-state index in [-0.39, 0.29) is 11.1 Å². The molecule has 3 aromatic rings. The van der Waals surface area contributed by atoms with E-state index in [0.29, 0.717) is 16.7 Å². The summed E-state index contributed by atoms with van der Waals surface area (Å²) in [7, 11) is 1.46. The quantitative estimate of drug-likeness (QED) is 0.756. The van der Waals surface area contributed by atoms with Crippen molar-refractivity contribution in [2.45, 2.75) is 0 Å². The van der Waals surface area contributed by atoms with E-state index in [0.717, 1.165) is 0 Å². The van der Waals surface area contributed by atoms with Crippen molar-refractivity contribution in [2.24, 2.45) is 0 Å². The first-order chi connectivity index (χ1) is 10.6. The minimum Gasteiger partial charge on any atom is -0.496 e. The summed E-state index contributed by atoms with van der Waals surface area (Å²) in [6, 6.07) is 10.2. The Labute approximate surface area is 125 Å². The molecule has 0 amide bonds. The highest BCUT2D eigenvalue weighted by molar-refractivity contribution is 6.10. The Kier molecular flexibility index (Phi) is 3.47. The van der Waals surface area contributed by atoms with Crippen LogP contribution < -0.4 is 10.2 Å². The number of hydrogen-bond donors (Lipinski definition) is 1. The molecule has 2 aromatic carbocycles. The summed E-state index contributed by atoms with van der Waals surface area (Å²) in [5, 5.41) is 0.318. The van der Waals surface area contributed by atoms with Crippen LogP contribution in [0.25, 0.3) is 10.9 Å². The number of ether oxygens (including phenoxy) is 1. The van der Waals surface area contributed by atoms with Crippen molar-refractivity contribution in [2.75, 3.05) is 7.11 Å². The van der Waals surface area contributed by atoms with Gasteiger partial charge in [-0.15, -0.1) is 0 Å². The van der Waals surface area contributed by atoms with Gasteiger partial charge in [0.05, 0.1) is 23.6 Å². The lowest BCUT2D eigenvalue weighted by Gasteiger charge is -2.07. The zero-order valence-corrected chi connectivity index (χ0v) is 11.7. The van der Waals surface area contributed by atoms with Crippen LogP contribution in [0.3, 0.4) is 0 Å². The predicted octanol–water partition coefficient (Wildman–Crippen LogP) is 2.91. The van der Waals surface area contributed by atoms with Crippen LogP contribution in [0.1, 0.15) is 15.9 Å². The van der Waals surface area contributed by atoms with Crippen LogP contribution in [0, 0.1) is 5.82 Å². The Morgan fingerprint density at radius 3 is 2.55 bits per heavy atom. The van der Waals surface area contributed by atoms with Crippen LogP contribution in [0.5, 0.6) is 5.75 Å². The molecule has 0 aliphatic rings. The van der Waals surface area contributed by atoms with Crippen molar-refractivity contribution < 1.29 is 13.9 Å². The van der Waals surface area contributed by atoms with Crippen molar-refractivity contribution in [3.63, 3.8) is 0 Å². The first-order valence-corrected chi connectivity index (χ1v) is 6.60. The number of rotatable bonds is 3. The standard InChI is InChI=1S/C17H12FNO3/c1-22-14-4-2-3-13-15(14)17(21)12(9-19-13)16(20)10-5-7-11(18)8-6-10/h2-9H,1H3,(H,19,21). The third-order valence-corrected chi connectivity index (χ3v) is 3.44. The zero-order valence-electron chi connectivity index (χ0n) is 11.7. The van der Waals surface area contributed by atoms with Crippen LogP contribution in [-0.2, 0) is 0 Å². The Morgan fingerprint density at radius 1 is 1.14 bits per heavy atom. The Balaban J connectivity index is 2.19. The molecule has 0 spiro atoms. The Bertz CT molecular complexity index is 913. The number of H-pyrrole nitrogens is 1. The number of aromatic amines is 1. The number of fused-ring (bicyclic) bond motifs is 1. The van der Waals surface area contributed by atoms with Gasteiger partial charge >= 0.3 is 0 Å². The molecule has 0 aliphatic carbocycles. The van der Waals surface area contributed by atoms with Crippen molar-refractivity contribution in [3.05, 3.63) is 75.8 Å². The lowest BCUT2D eigenvalue weighted by molar-refractivity contribution is 0.103. The zero-order chi connectivity index (χ0) is 15.7. The molecule has 22 heavy (non-hydrogen) atoms. The molecule has 1 heterocycles. The first-order valence-electron chi connectivity index (χ1n) is 6.60. The minimum absolute atomic E-state index is 0.0105. The molecule has 3 rings (SSSR count). The fraction of sp³-hybridized carbons (Fsp3) is 0.0588. The molecule has 0 unspecified atom stereocenters. The normalized spacial score (nSPS) is 10.6. The Morgan fingerprint density at radius 2 is 1.86 bits per heavy atom. The van der Waals surface area contributed by atoms with Gasteiger partial charge in [-0.25, -0.2) is 4.39 Å². The van der Waals surface area contributed by atoms with Gasteiger partial charge in [0.25, 0.3) is 0 Å². The number of benzene rings is 2. The molecule has 5 heteroatoms. The lowest BCUT2D eigenvalue weighted by atomic mass is 10.0. The average Bonchev–Trinajstić information content (AvgIpc) is 2.55. The van der Waals surface area contributed by atoms with Gasteiger partial charge in [0.1, 0.15) is 11.6 Å². The molecule has 0 atom stereocenters. The van der Waals surface area contributed by atoms with Gasteiger partial charge in [-0.1, -0.05) is 6.07 Å². The van der Waals surface area contributed by atoms with E-state index in [4.69, 9.17) is 4.74 Å². The van der Waals surface area contributed by atoms with Gasteiger partial charge in [0.15, 0.2) is 5.78 Å². The number of methoxy groups -OCH3 is 1. The lowest BCUT2D eigenvalue weighted by Crippen LogP contribution is -2.17. The van der Waals surface area contributed by atoms with Crippen LogP contribution in [0.2, 0.25) is 0 Å². The molecule has 0 radical (unpaired) electrons.